The molecule has 0 atom stereocenters. The predicted octanol–water partition coefficient (Wildman–Crippen LogP) is -5.28. The Morgan fingerprint density at radius 1 is 0.400 bits per heavy atom. The van der Waals surface area contributed by atoms with Gasteiger partial charge < -0.3 is 24.8 Å². The zero-order valence-electron chi connectivity index (χ0n) is 15.3. The van der Waals surface area contributed by atoms with E-state index in [1.165, 1.54) is 0 Å². The van der Waals surface area contributed by atoms with Crippen LogP contribution in [0.1, 0.15) is 41.4 Å². The average Bonchev–Trinajstić information content (AvgIpc) is 3.13. The first-order chi connectivity index (χ1) is 13.6. The van der Waals surface area contributed by atoms with Gasteiger partial charge in [-0.05, 0) is 24.3 Å². The number of imide groups is 2. The molecule has 8 heteroatoms. The highest BCUT2D eigenvalue weighted by Gasteiger charge is 2.49. The fourth-order valence-corrected chi connectivity index (χ4v) is 3.91. The van der Waals surface area contributed by atoms with Crippen molar-refractivity contribution in [3.63, 3.8) is 0 Å². The quantitative estimate of drug-likeness (QED) is 0.390. The van der Waals surface area contributed by atoms with Crippen LogP contribution in [-0.2, 0) is 0 Å². The molecule has 2 N–H and O–H groups in total. The Hall–Kier alpha value is -3.16. The standard InChI is InChI=1S/C22H12N2O4.2ClH/c25-19-13-7-1-2-8-14(13)20(26)23(19)17-11-5-6-12-18(17)24-21(27)15-9-3-4-10-16(15)22(24)28;;/h1-12H;2*1H. The number of rotatable bonds is 2. The lowest BCUT2D eigenvalue weighted by Gasteiger charge is -2.13. The van der Waals surface area contributed by atoms with Gasteiger partial charge in [0.15, 0.2) is 0 Å². The van der Waals surface area contributed by atoms with Crippen molar-refractivity contribution in [3.05, 3.63) is 95.1 Å². The molecule has 2 aliphatic heterocycles. The van der Waals surface area contributed by atoms with Crippen LogP contribution in [0.25, 0.3) is 0 Å². The second kappa shape index (κ2) is 7.93. The van der Waals surface area contributed by atoms with E-state index in [1.54, 1.807) is 72.8 Å². The van der Waals surface area contributed by atoms with Gasteiger partial charge in [-0.15, -0.1) is 0 Å². The number of quaternary nitrogens is 2. The summed E-state index contributed by atoms with van der Waals surface area (Å²) in [6.07, 6.45) is 0. The highest BCUT2D eigenvalue weighted by atomic mass is 35.5. The first kappa shape index (κ1) is 21.5. The number of fused-ring (bicyclic) bond motifs is 2. The number of benzene rings is 3. The van der Waals surface area contributed by atoms with Crippen molar-refractivity contribution in [1.29, 1.82) is 0 Å². The molecule has 0 unspecified atom stereocenters. The monoisotopic (exact) mass is 440 g/mol. The number of amides is 4. The number of carbonyl (C=O) groups excluding carboxylic acids is 4. The van der Waals surface area contributed by atoms with Crippen LogP contribution < -0.4 is 34.6 Å². The van der Waals surface area contributed by atoms with Crippen LogP contribution in [0.3, 0.4) is 0 Å². The molecule has 3 aromatic rings. The number of para-hydroxylation sites is 2. The maximum absolute atomic E-state index is 12.9. The second-order valence-corrected chi connectivity index (χ2v) is 6.70. The van der Waals surface area contributed by atoms with Crippen molar-refractivity contribution in [1.82, 2.24) is 0 Å². The summed E-state index contributed by atoms with van der Waals surface area (Å²) in [5.74, 6) is -1.54. The zero-order chi connectivity index (χ0) is 19.4. The Morgan fingerprint density at radius 3 is 0.900 bits per heavy atom. The van der Waals surface area contributed by atoms with Crippen molar-refractivity contribution in [2.45, 2.75) is 0 Å². The molecule has 0 fully saturated rings. The van der Waals surface area contributed by atoms with Gasteiger partial charge in [0.2, 0.25) is 11.4 Å². The third-order valence-electron chi connectivity index (χ3n) is 5.21. The van der Waals surface area contributed by atoms with Crippen LogP contribution in [0.2, 0.25) is 0 Å². The summed E-state index contributed by atoms with van der Waals surface area (Å²) in [7, 11) is 0. The number of hydrogen-bond donors (Lipinski definition) is 2. The van der Waals surface area contributed by atoms with E-state index in [1.807, 2.05) is 0 Å². The van der Waals surface area contributed by atoms with Crippen LogP contribution in [0, 0.1) is 0 Å². The lowest BCUT2D eigenvalue weighted by molar-refractivity contribution is -0.673. The summed E-state index contributed by atoms with van der Waals surface area (Å²) in [6, 6.07) is 19.9. The summed E-state index contributed by atoms with van der Waals surface area (Å²) >= 11 is 0. The second-order valence-electron chi connectivity index (χ2n) is 6.70. The Kier molecular flexibility index (Phi) is 5.70. The molecular formula is C22H14Cl2N2O4. The molecule has 0 radical (unpaired) electrons. The van der Waals surface area contributed by atoms with E-state index in [9.17, 15) is 19.2 Å². The van der Waals surface area contributed by atoms with Crippen molar-refractivity contribution in [2.24, 2.45) is 0 Å². The van der Waals surface area contributed by atoms with Crippen LogP contribution in [-0.4, -0.2) is 23.6 Å². The molecular weight excluding hydrogens is 427 g/mol. The molecule has 0 saturated carbocycles. The van der Waals surface area contributed by atoms with Gasteiger partial charge in [0.05, 0.1) is 22.3 Å². The largest absolute Gasteiger partial charge is 1.00 e. The van der Waals surface area contributed by atoms with Crippen molar-refractivity contribution in [3.8, 4) is 0 Å². The summed E-state index contributed by atoms with van der Waals surface area (Å²) in [4.78, 5) is 51.7. The Balaban J connectivity index is 0.00000128. The SMILES string of the molecule is O=C1c2ccccc2C(=O)[NH+]1c1ccccc1[NH+]1C(=O)c2ccccc2C1=O.[Cl-].[Cl-]. The maximum Gasteiger partial charge on any atom is 0.358 e. The molecule has 4 amide bonds. The third kappa shape index (κ3) is 2.89. The maximum atomic E-state index is 12.9. The van der Waals surface area contributed by atoms with Crippen molar-refractivity contribution >= 4 is 35.0 Å². The zero-order valence-corrected chi connectivity index (χ0v) is 16.8. The van der Waals surface area contributed by atoms with E-state index < -0.39 is 0 Å². The first-order valence-corrected chi connectivity index (χ1v) is 8.80. The van der Waals surface area contributed by atoms with Gasteiger partial charge in [0, 0.05) is 12.1 Å². The van der Waals surface area contributed by atoms with Gasteiger partial charge in [-0.1, -0.05) is 36.4 Å². The number of carbonyl (C=O) groups is 4. The van der Waals surface area contributed by atoms with Crippen LogP contribution in [0.5, 0.6) is 0 Å². The van der Waals surface area contributed by atoms with E-state index in [-0.39, 0.29) is 58.2 Å². The normalized spacial score (nSPS) is 15.5. The van der Waals surface area contributed by atoms with Crippen molar-refractivity contribution < 1.29 is 53.8 Å². The van der Waals surface area contributed by atoms with Gasteiger partial charge in [0.25, 0.3) is 0 Å². The Labute approximate surface area is 183 Å². The molecule has 150 valence electrons. The highest BCUT2D eigenvalue weighted by Crippen LogP contribution is 2.22. The lowest BCUT2D eigenvalue weighted by atomic mass is 10.1. The molecule has 6 nitrogen and oxygen atoms in total. The minimum atomic E-state index is -0.385. The van der Waals surface area contributed by atoms with Gasteiger partial charge in [0.1, 0.15) is 0 Å². The molecule has 0 bridgehead atoms. The summed E-state index contributed by atoms with van der Waals surface area (Å²) in [6.45, 7) is 0. The summed E-state index contributed by atoms with van der Waals surface area (Å²) in [5, 5.41) is 0. The molecule has 0 aliphatic carbocycles. The van der Waals surface area contributed by atoms with Gasteiger partial charge >= 0.3 is 23.6 Å². The van der Waals surface area contributed by atoms with Crippen LogP contribution >= 0.6 is 0 Å². The summed E-state index contributed by atoms with van der Waals surface area (Å²) < 4.78 is 0. The van der Waals surface area contributed by atoms with E-state index >= 15 is 0 Å². The highest BCUT2D eigenvalue weighted by molar-refractivity contribution is 6.15. The van der Waals surface area contributed by atoms with Gasteiger partial charge in [-0.25, -0.2) is 19.2 Å². The Bertz CT molecular complexity index is 1060. The number of nitrogens with one attached hydrogen (secondary N) is 2. The van der Waals surface area contributed by atoms with E-state index in [0.717, 1.165) is 0 Å². The van der Waals surface area contributed by atoms with E-state index in [0.29, 0.717) is 33.6 Å². The molecule has 30 heavy (non-hydrogen) atoms. The fourth-order valence-electron chi connectivity index (χ4n) is 3.91. The minimum absolute atomic E-state index is 0. The molecule has 0 aromatic heterocycles. The fraction of sp³-hybridized carbons (Fsp3) is 0. The van der Waals surface area contributed by atoms with Crippen molar-refractivity contribution in [2.75, 3.05) is 0 Å². The van der Waals surface area contributed by atoms with E-state index in [2.05, 4.69) is 0 Å². The molecule has 2 heterocycles. The lowest BCUT2D eigenvalue weighted by Crippen LogP contribution is -3.15. The smallest absolute Gasteiger partial charge is 0.358 e. The van der Waals surface area contributed by atoms with Crippen LogP contribution in [0.15, 0.2) is 72.8 Å². The molecule has 3 aromatic carbocycles. The minimum Gasteiger partial charge on any atom is -1.00 e. The third-order valence-corrected chi connectivity index (χ3v) is 5.21. The molecule has 5 rings (SSSR count). The molecule has 2 aliphatic rings. The predicted molar refractivity (Wildman–Crippen MR) is 97.9 cm³/mol. The van der Waals surface area contributed by atoms with Gasteiger partial charge in [-0.3, -0.25) is 0 Å². The molecule has 0 spiro atoms. The van der Waals surface area contributed by atoms with Crippen LogP contribution in [0.4, 0.5) is 11.4 Å². The van der Waals surface area contributed by atoms with E-state index in [4.69, 9.17) is 0 Å². The topological polar surface area (TPSA) is 77.2 Å². The number of halogens is 2. The van der Waals surface area contributed by atoms with Gasteiger partial charge in [-0.2, -0.15) is 9.80 Å². The number of hydrogen-bond acceptors (Lipinski definition) is 4. The summed E-state index contributed by atoms with van der Waals surface area (Å²) in [5.41, 5.74) is 2.00. The average molecular weight is 441 g/mol. The first-order valence-electron chi connectivity index (χ1n) is 8.80. The Morgan fingerprint density at radius 2 is 0.633 bits per heavy atom. The molecule has 0 saturated heterocycles.